The molecule has 0 radical (unpaired) electrons. The molecule has 1 fully saturated rings. The number of aromatic nitrogens is 2. The van der Waals surface area contributed by atoms with Gasteiger partial charge >= 0.3 is 0 Å². The van der Waals surface area contributed by atoms with E-state index in [0.717, 1.165) is 44.6 Å². The van der Waals surface area contributed by atoms with Crippen molar-refractivity contribution in [1.82, 2.24) is 9.55 Å². The summed E-state index contributed by atoms with van der Waals surface area (Å²) in [6.07, 6.45) is 11.9. The van der Waals surface area contributed by atoms with Crippen LogP contribution < -0.4 is 5.32 Å². The summed E-state index contributed by atoms with van der Waals surface area (Å²) in [5, 5.41) is 3.47. The van der Waals surface area contributed by atoms with E-state index >= 15 is 0 Å². The first-order valence-corrected chi connectivity index (χ1v) is 7.73. The average Bonchev–Trinajstić information content (AvgIpc) is 3.07. The van der Waals surface area contributed by atoms with Gasteiger partial charge in [0.1, 0.15) is 0 Å². The lowest BCUT2D eigenvalue weighted by Gasteiger charge is -2.12. The fraction of sp³-hybridized carbons (Fsp3) is 0.800. The van der Waals surface area contributed by atoms with Crippen molar-refractivity contribution in [3.05, 3.63) is 12.4 Å². The molecule has 1 aromatic heterocycles. The maximum Gasteiger partial charge on any atom is 0.202 e. The summed E-state index contributed by atoms with van der Waals surface area (Å²) in [4.78, 5) is 4.39. The Kier molecular flexibility index (Phi) is 6.21. The van der Waals surface area contributed by atoms with Crippen LogP contribution in [-0.4, -0.2) is 29.3 Å². The molecule has 1 aliphatic carbocycles. The van der Waals surface area contributed by atoms with Gasteiger partial charge in [-0.3, -0.25) is 0 Å². The van der Waals surface area contributed by atoms with Gasteiger partial charge in [0.05, 0.1) is 0 Å². The molecular formula is C15H27N3O. The van der Waals surface area contributed by atoms with E-state index in [4.69, 9.17) is 4.74 Å². The zero-order chi connectivity index (χ0) is 13.3. The summed E-state index contributed by atoms with van der Waals surface area (Å²) in [7, 11) is 0. The van der Waals surface area contributed by atoms with E-state index in [-0.39, 0.29) is 0 Å². The molecule has 0 aromatic carbocycles. The molecule has 1 saturated carbocycles. The largest absolute Gasteiger partial charge is 0.382 e. The maximum absolute atomic E-state index is 5.37. The first kappa shape index (κ1) is 14.4. The molecule has 1 heterocycles. The number of aryl methyl sites for hydroxylation is 1. The normalized spacial score (nSPS) is 16.1. The minimum absolute atomic E-state index is 0.802. The van der Waals surface area contributed by atoms with Crippen molar-refractivity contribution < 1.29 is 4.74 Å². The van der Waals surface area contributed by atoms with E-state index in [1.165, 1.54) is 32.1 Å². The second kappa shape index (κ2) is 8.20. The molecule has 1 aromatic rings. The highest BCUT2D eigenvalue weighted by atomic mass is 16.5. The summed E-state index contributed by atoms with van der Waals surface area (Å²) in [6.45, 7) is 5.69. The highest BCUT2D eigenvalue weighted by Crippen LogP contribution is 2.27. The molecule has 0 saturated heterocycles. The predicted molar refractivity (Wildman–Crippen MR) is 78.4 cm³/mol. The van der Waals surface area contributed by atoms with E-state index in [2.05, 4.69) is 14.9 Å². The Morgan fingerprint density at radius 3 is 3.05 bits per heavy atom. The summed E-state index contributed by atoms with van der Waals surface area (Å²) in [6, 6.07) is 0. The lowest BCUT2D eigenvalue weighted by atomic mass is 10.0. The predicted octanol–water partition coefficient (Wildman–Crippen LogP) is 3.30. The average molecular weight is 265 g/mol. The van der Waals surface area contributed by atoms with Crippen molar-refractivity contribution in [2.45, 2.75) is 52.0 Å². The Hall–Kier alpha value is -1.03. The number of nitrogens with zero attached hydrogens (tertiary/aromatic N) is 2. The summed E-state index contributed by atoms with van der Waals surface area (Å²) in [5.41, 5.74) is 0. The third-order valence-electron chi connectivity index (χ3n) is 3.92. The molecular weight excluding hydrogens is 238 g/mol. The quantitative estimate of drug-likeness (QED) is 0.696. The molecule has 1 aliphatic rings. The molecule has 2 rings (SSSR count). The Morgan fingerprint density at radius 1 is 1.42 bits per heavy atom. The van der Waals surface area contributed by atoms with E-state index < -0.39 is 0 Å². The first-order valence-electron chi connectivity index (χ1n) is 7.73. The molecule has 1 N–H and O–H groups in total. The van der Waals surface area contributed by atoms with Crippen molar-refractivity contribution in [2.24, 2.45) is 5.92 Å². The molecule has 108 valence electrons. The summed E-state index contributed by atoms with van der Waals surface area (Å²) in [5.74, 6) is 1.95. The number of hydrogen-bond donors (Lipinski definition) is 1. The summed E-state index contributed by atoms with van der Waals surface area (Å²) < 4.78 is 7.55. The van der Waals surface area contributed by atoms with Crippen molar-refractivity contribution >= 4 is 5.95 Å². The third-order valence-corrected chi connectivity index (χ3v) is 3.92. The number of rotatable bonds is 9. The van der Waals surface area contributed by atoms with Crippen LogP contribution in [0.25, 0.3) is 0 Å². The second-order valence-corrected chi connectivity index (χ2v) is 5.36. The molecule has 4 nitrogen and oxygen atoms in total. The van der Waals surface area contributed by atoms with Crippen molar-refractivity contribution in [1.29, 1.82) is 0 Å². The van der Waals surface area contributed by atoms with Crippen LogP contribution in [0.4, 0.5) is 5.95 Å². The van der Waals surface area contributed by atoms with Crippen LogP contribution in [0.3, 0.4) is 0 Å². The van der Waals surface area contributed by atoms with Crippen molar-refractivity contribution in [3.63, 3.8) is 0 Å². The van der Waals surface area contributed by atoms with Crippen LogP contribution in [0.2, 0.25) is 0 Å². The fourth-order valence-corrected chi connectivity index (χ4v) is 2.83. The highest BCUT2D eigenvalue weighted by Gasteiger charge is 2.14. The number of anilines is 1. The van der Waals surface area contributed by atoms with Crippen LogP contribution in [0.1, 0.15) is 45.4 Å². The van der Waals surface area contributed by atoms with Gasteiger partial charge in [-0.1, -0.05) is 25.7 Å². The van der Waals surface area contributed by atoms with Gasteiger partial charge in [0.25, 0.3) is 0 Å². The molecule has 4 heteroatoms. The molecule has 0 aliphatic heterocycles. The van der Waals surface area contributed by atoms with Crippen LogP contribution in [-0.2, 0) is 11.3 Å². The molecule has 0 spiro atoms. The van der Waals surface area contributed by atoms with Crippen LogP contribution >= 0.6 is 0 Å². The first-order chi connectivity index (χ1) is 9.40. The molecule has 19 heavy (non-hydrogen) atoms. The Bertz CT molecular complexity index is 345. The lowest BCUT2D eigenvalue weighted by molar-refractivity contribution is 0.142. The minimum atomic E-state index is 0.802. The number of nitrogens with one attached hydrogen (secondary N) is 1. The standard InChI is InChI=1S/C15H27N3O/c1-2-19-13-5-11-18-12-10-17-15(18)16-9-8-14-6-3-4-7-14/h10,12,14H,2-9,11,13H2,1H3,(H,16,17). The topological polar surface area (TPSA) is 39.1 Å². The minimum Gasteiger partial charge on any atom is -0.382 e. The second-order valence-electron chi connectivity index (χ2n) is 5.36. The highest BCUT2D eigenvalue weighted by molar-refractivity contribution is 5.25. The van der Waals surface area contributed by atoms with Gasteiger partial charge in [0.2, 0.25) is 5.95 Å². The van der Waals surface area contributed by atoms with Crippen LogP contribution in [0.5, 0.6) is 0 Å². The Balaban J connectivity index is 1.66. The van der Waals surface area contributed by atoms with E-state index in [1.54, 1.807) is 0 Å². The fourth-order valence-electron chi connectivity index (χ4n) is 2.83. The molecule has 0 bridgehead atoms. The number of hydrogen-bond acceptors (Lipinski definition) is 3. The SMILES string of the molecule is CCOCCCn1ccnc1NCCC1CCCC1. The molecule has 0 unspecified atom stereocenters. The monoisotopic (exact) mass is 265 g/mol. The van der Waals surface area contributed by atoms with Gasteiger partial charge in [-0.2, -0.15) is 0 Å². The van der Waals surface area contributed by atoms with Gasteiger partial charge in [-0.15, -0.1) is 0 Å². The number of imidazole rings is 1. The van der Waals surface area contributed by atoms with Gasteiger partial charge < -0.3 is 14.6 Å². The van der Waals surface area contributed by atoms with Crippen LogP contribution in [0.15, 0.2) is 12.4 Å². The van der Waals surface area contributed by atoms with E-state index in [1.807, 2.05) is 19.3 Å². The van der Waals surface area contributed by atoms with Crippen molar-refractivity contribution in [2.75, 3.05) is 25.1 Å². The Labute approximate surface area is 116 Å². The smallest absolute Gasteiger partial charge is 0.202 e. The van der Waals surface area contributed by atoms with Gasteiger partial charge in [-0.25, -0.2) is 4.98 Å². The van der Waals surface area contributed by atoms with Gasteiger partial charge in [0.15, 0.2) is 0 Å². The third kappa shape index (κ3) is 4.86. The van der Waals surface area contributed by atoms with E-state index in [0.29, 0.717) is 0 Å². The molecule has 0 atom stereocenters. The molecule has 0 amide bonds. The zero-order valence-electron chi connectivity index (χ0n) is 12.1. The maximum atomic E-state index is 5.37. The zero-order valence-corrected chi connectivity index (χ0v) is 12.1. The van der Waals surface area contributed by atoms with Gasteiger partial charge in [-0.05, 0) is 25.7 Å². The lowest BCUT2D eigenvalue weighted by Crippen LogP contribution is -2.12. The van der Waals surface area contributed by atoms with Gasteiger partial charge in [0, 0.05) is 38.7 Å². The van der Waals surface area contributed by atoms with E-state index in [9.17, 15) is 0 Å². The summed E-state index contributed by atoms with van der Waals surface area (Å²) >= 11 is 0. The number of ether oxygens (including phenoxy) is 1. The van der Waals surface area contributed by atoms with Crippen LogP contribution in [0, 0.1) is 5.92 Å². The van der Waals surface area contributed by atoms with Crippen molar-refractivity contribution in [3.8, 4) is 0 Å². The Morgan fingerprint density at radius 2 is 2.26 bits per heavy atom.